The lowest BCUT2D eigenvalue weighted by molar-refractivity contribution is -0.384. The molecule has 6 nitrogen and oxygen atoms in total. The molecule has 0 heterocycles. The van der Waals surface area contributed by atoms with E-state index in [0.29, 0.717) is 22.7 Å². The van der Waals surface area contributed by atoms with E-state index in [2.05, 4.69) is 5.32 Å². The molecule has 0 fully saturated rings. The van der Waals surface area contributed by atoms with E-state index in [1.807, 2.05) is 30.3 Å². The average Bonchev–Trinajstić information content (AvgIpc) is 2.63. The van der Waals surface area contributed by atoms with Gasteiger partial charge in [0.25, 0.3) is 11.6 Å². The largest absolute Gasteiger partial charge is 0.457 e. The molecule has 124 valence electrons. The van der Waals surface area contributed by atoms with Crippen LogP contribution in [-0.2, 0) is 0 Å². The van der Waals surface area contributed by atoms with E-state index in [0.717, 1.165) is 0 Å². The van der Waals surface area contributed by atoms with E-state index in [9.17, 15) is 14.9 Å². The Labute approximate surface area is 143 Å². The first-order valence-corrected chi connectivity index (χ1v) is 7.50. The van der Waals surface area contributed by atoms with Crippen molar-refractivity contribution in [3.8, 4) is 11.5 Å². The third-order valence-electron chi connectivity index (χ3n) is 3.41. The molecule has 0 bridgehead atoms. The van der Waals surface area contributed by atoms with Crippen molar-refractivity contribution in [3.05, 3.63) is 94.5 Å². The zero-order valence-electron chi connectivity index (χ0n) is 13.1. The Bertz CT molecular complexity index is 893. The van der Waals surface area contributed by atoms with Gasteiger partial charge in [0.2, 0.25) is 0 Å². The molecule has 6 heteroatoms. The van der Waals surface area contributed by atoms with Gasteiger partial charge in [-0.15, -0.1) is 0 Å². The highest BCUT2D eigenvalue weighted by Crippen LogP contribution is 2.22. The fraction of sp³-hybridized carbons (Fsp3) is 0. The molecule has 0 spiro atoms. The van der Waals surface area contributed by atoms with E-state index >= 15 is 0 Å². The number of ether oxygens (including phenoxy) is 1. The van der Waals surface area contributed by atoms with Crippen molar-refractivity contribution in [2.24, 2.45) is 0 Å². The fourth-order valence-electron chi connectivity index (χ4n) is 2.20. The van der Waals surface area contributed by atoms with E-state index in [1.54, 1.807) is 30.3 Å². The number of non-ortho nitro benzene ring substituents is 1. The Balaban J connectivity index is 1.68. The second kappa shape index (κ2) is 7.27. The molecule has 0 aliphatic carbocycles. The molecular formula is C19H14N2O4. The van der Waals surface area contributed by atoms with E-state index < -0.39 is 4.92 Å². The summed E-state index contributed by atoms with van der Waals surface area (Å²) in [6.07, 6.45) is 0. The number of nitro groups is 1. The number of hydrogen-bond acceptors (Lipinski definition) is 4. The van der Waals surface area contributed by atoms with E-state index in [-0.39, 0.29) is 11.6 Å². The lowest BCUT2D eigenvalue weighted by Gasteiger charge is -2.07. The molecule has 3 aromatic carbocycles. The van der Waals surface area contributed by atoms with Crippen molar-refractivity contribution < 1.29 is 14.5 Å². The summed E-state index contributed by atoms with van der Waals surface area (Å²) in [5.74, 6) is 0.959. The molecule has 1 amide bonds. The molecule has 0 aliphatic heterocycles. The minimum atomic E-state index is -0.509. The maximum Gasteiger partial charge on any atom is 0.271 e. The lowest BCUT2D eigenvalue weighted by Crippen LogP contribution is -2.11. The Hall–Kier alpha value is -3.67. The van der Waals surface area contributed by atoms with Crippen molar-refractivity contribution in [1.82, 2.24) is 0 Å². The number of benzene rings is 3. The Morgan fingerprint density at radius 1 is 0.880 bits per heavy atom. The van der Waals surface area contributed by atoms with Crippen LogP contribution in [0.2, 0.25) is 0 Å². The SMILES string of the molecule is O=C(Nc1cccc([N+](=O)[O-])c1)c1ccc(Oc2ccccc2)cc1. The molecule has 0 aromatic heterocycles. The van der Waals surface area contributed by atoms with Crippen LogP contribution in [0.25, 0.3) is 0 Å². The minimum absolute atomic E-state index is 0.0793. The van der Waals surface area contributed by atoms with Crippen LogP contribution < -0.4 is 10.1 Å². The highest BCUT2D eigenvalue weighted by molar-refractivity contribution is 6.04. The van der Waals surface area contributed by atoms with E-state index in [1.165, 1.54) is 18.2 Å². The molecule has 0 aliphatic rings. The summed E-state index contributed by atoms with van der Waals surface area (Å²) < 4.78 is 5.67. The van der Waals surface area contributed by atoms with Crippen LogP contribution in [0.3, 0.4) is 0 Å². The highest BCUT2D eigenvalue weighted by atomic mass is 16.6. The standard InChI is InChI=1S/C19H14N2O4/c22-19(20-15-5-4-6-16(13-15)21(23)24)14-9-11-18(12-10-14)25-17-7-2-1-3-8-17/h1-13H,(H,20,22). The van der Waals surface area contributed by atoms with Gasteiger partial charge in [0.1, 0.15) is 11.5 Å². The summed E-state index contributed by atoms with van der Waals surface area (Å²) in [6, 6.07) is 21.7. The number of carbonyl (C=O) groups is 1. The van der Waals surface area contributed by atoms with Crippen LogP contribution in [0.15, 0.2) is 78.9 Å². The van der Waals surface area contributed by atoms with Crippen molar-refractivity contribution in [2.45, 2.75) is 0 Å². The molecule has 0 saturated carbocycles. The molecule has 0 atom stereocenters. The van der Waals surface area contributed by atoms with Crippen LogP contribution in [0.5, 0.6) is 11.5 Å². The zero-order valence-corrected chi connectivity index (χ0v) is 13.1. The Morgan fingerprint density at radius 2 is 1.56 bits per heavy atom. The van der Waals surface area contributed by atoms with Crippen molar-refractivity contribution in [3.63, 3.8) is 0 Å². The predicted octanol–water partition coefficient (Wildman–Crippen LogP) is 4.64. The average molecular weight is 334 g/mol. The lowest BCUT2D eigenvalue weighted by atomic mass is 10.2. The third-order valence-corrected chi connectivity index (χ3v) is 3.41. The Kier molecular flexibility index (Phi) is 4.71. The van der Waals surface area contributed by atoms with Gasteiger partial charge in [0.15, 0.2) is 0 Å². The number of nitrogens with zero attached hydrogens (tertiary/aromatic N) is 1. The smallest absolute Gasteiger partial charge is 0.271 e. The van der Waals surface area contributed by atoms with Gasteiger partial charge < -0.3 is 10.1 Å². The van der Waals surface area contributed by atoms with Crippen LogP contribution in [0, 0.1) is 10.1 Å². The van der Waals surface area contributed by atoms with E-state index in [4.69, 9.17) is 4.74 Å². The number of amides is 1. The van der Waals surface area contributed by atoms with Crippen LogP contribution in [0.4, 0.5) is 11.4 Å². The second-order valence-electron chi connectivity index (χ2n) is 5.20. The second-order valence-corrected chi connectivity index (χ2v) is 5.20. The molecule has 1 N–H and O–H groups in total. The minimum Gasteiger partial charge on any atom is -0.457 e. The van der Waals surface area contributed by atoms with Crippen LogP contribution in [-0.4, -0.2) is 10.8 Å². The first-order valence-electron chi connectivity index (χ1n) is 7.50. The summed E-state index contributed by atoms with van der Waals surface area (Å²) in [7, 11) is 0. The molecule has 3 rings (SSSR count). The fourth-order valence-corrected chi connectivity index (χ4v) is 2.20. The van der Waals surface area contributed by atoms with Gasteiger partial charge in [-0.1, -0.05) is 24.3 Å². The van der Waals surface area contributed by atoms with Crippen molar-refractivity contribution in [1.29, 1.82) is 0 Å². The van der Waals surface area contributed by atoms with Crippen LogP contribution in [0.1, 0.15) is 10.4 Å². The highest BCUT2D eigenvalue weighted by Gasteiger charge is 2.10. The number of rotatable bonds is 5. The maximum atomic E-state index is 12.2. The molecule has 0 unspecified atom stereocenters. The Morgan fingerprint density at radius 3 is 2.24 bits per heavy atom. The van der Waals surface area contributed by atoms with Gasteiger partial charge in [-0.05, 0) is 42.5 Å². The maximum absolute atomic E-state index is 12.2. The van der Waals surface area contributed by atoms with Gasteiger partial charge in [0.05, 0.1) is 4.92 Å². The monoisotopic (exact) mass is 334 g/mol. The summed E-state index contributed by atoms with van der Waals surface area (Å²) in [5.41, 5.74) is 0.708. The summed E-state index contributed by atoms with van der Waals surface area (Å²) in [4.78, 5) is 22.5. The number of hydrogen-bond donors (Lipinski definition) is 1. The normalized spacial score (nSPS) is 10.1. The summed E-state index contributed by atoms with van der Waals surface area (Å²) >= 11 is 0. The zero-order chi connectivity index (χ0) is 17.6. The number of carbonyl (C=O) groups excluding carboxylic acids is 1. The van der Waals surface area contributed by atoms with Gasteiger partial charge in [-0.3, -0.25) is 14.9 Å². The number of para-hydroxylation sites is 1. The molecule has 0 radical (unpaired) electrons. The summed E-state index contributed by atoms with van der Waals surface area (Å²) in [5, 5.41) is 13.4. The van der Waals surface area contributed by atoms with Gasteiger partial charge >= 0.3 is 0 Å². The number of anilines is 1. The third kappa shape index (κ3) is 4.20. The molecule has 3 aromatic rings. The first kappa shape index (κ1) is 16.2. The molecule has 25 heavy (non-hydrogen) atoms. The topological polar surface area (TPSA) is 81.5 Å². The number of nitrogens with one attached hydrogen (secondary N) is 1. The van der Waals surface area contributed by atoms with Crippen molar-refractivity contribution in [2.75, 3.05) is 5.32 Å². The van der Waals surface area contributed by atoms with Gasteiger partial charge in [0, 0.05) is 23.4 Å². The first-order chi connectivity index (χ1) is 12.1. The predicted molar refractivity (Wildman–Crippen MR) is 94.0 cm³/mol. The van der Waals surface area contributed by atoms with Crippen molar-refractivity contribution >= 4 is 17.3 Å². The molecular weight excluding hydrogens is 320 g/mol. The van der Waals surface area contributed by atoms with Gasteiger partial charge in [-0.25, -0.2) is 0 Å². The summed E-state index contributed by atoms with van der Waals surface area (Å²) in [6.45, 7) is 0. The van der Waals surface area contributed by atoms with Crippen LogP contribution >= 0.6 is 0 Å². The quantitative estimate of drug-likeness (QED) is 0.544. The number of nitro benzene ring substituents is 1. The van der Waals surface area contributed by atoms with Gasteiger partial charge in [-0.2, -0.15) is 0 Å². The molecule has 0 saturated heterocycles.